The normalized spacial score (nSPS) is 22.6. The van der Waals surface area contributed by atoms with E-state index >= 15 is 0 Å². The lowest BCUT2D eigenvalue weighted by molar-refractivity contribution is 0.00110. The quantitative estimate of drug-likeness (QED) is 0.155. The van der Waals surface area contributed by atoms with Crippen LogP contribution in [0.5, 0.6) is 57.5 Å². The number of hydrogen-bond acceptors (Lipinski definition) is 12. The van der Waals surface area contributed by atoms with Gasteiger partial charge in [-0.1, -0.05) is 12.1 Å². The zero-order chi connectivity index (χ0) is 30.9. The van der Waals surface area contributed by atoms with E-state index in [1.807, 2.05) is 0 Å². The minimum atomic E-state index is -1.60. The maximum absolute atomic E-state index is 11.8. The summed E-state index contributed by atoms with van der Waals surface area (Å²) < 4.78 is 12.2. The van der Waals surface area contributed by atoms with Gasteiger partial charge in [0.15, 0.2) is 29.1 Å². The number of phenolic OH excluding ortho intramolecular Hbond substituents is 8. The molecule has 0 saturated carbocycles. The summed E-state index contributed by atoms with van der Waals surface area (Å²) in [5.74, 6) is -4.98. The van der Waals surface area contributed by atoms with Crippen molar-refractivity contribution in [3.05, 3.63) is 81.9 Å². The van der Waals surface area contributed by atoms with E-state index in [2.05, 4.69) is 0 Å². The molecule has 12 heteroatoms. The largest absolute Gasteiger partial charge is 0.508 e. The van der Waals surface area contributed by atoms with Gasteiger partial charge < -0.3 is 60.5 Å². The highest BCUT2D eigenvalue weighted by Crippen LogP contribution is 2.58. The number of aliphatic hydroxyl groups is 2. The Labute approximate surface area is 243 Å². The fourth-order valence-corrected chi connectivity index (χ4v) is 5.92. The summed E-state index contributed by atoms with van der Waals surface area (Å²) in [4.78, 5) is 0. The van der Waals surface area contributed by atoms with Gasteiger partial charge in [0.05, 0.1) is 12.0 Å². The topological polar surface area (TPSA) is 221 Å². The third-order valence-electron chi connectivity index (χ3n) is 8.07. The van der Waals surface area contributed by atoms with Crippen LogP contribution in [0.1, 0.15) is 51.5 Å². The van der Waals surface area contributed by atoms with Crippen molar-refractivity contribution >= 4 is 0 Å². The zero-order valence-electron chi connectivity index (χ0n) is 22.5. The van der Waals surface area contributed by atoms with Gasteiger partial charge in [-0.05, 0) is 42.3 Å². The number of benzene rings is 4. The van der Waals surface area contributed by atoms with Crippen molar-refractivity contribution in [2.24, 2.45) is 0 Å². The van der Waals surface area contributed by atoms with Crippen LogP contribution in [0.25, 0.3) is 0 Å². The Morgan fingerprint density at radius 3 is 1.84 bits per heavy atom. The van der Waals surface area contributed by atoms with Gasteiger partial charge in [0.2, 0.25) is 0 Å². The molecule has 224 valence electrons. The molecule has 10 N–H and O–H groups in total. The first-order valence-electron chi connectivity index (χ1n) is 13.2. The predicted octanol–water partition coefficient (Wildman–Crippen LogP) is 3.30. The average Bonchev–Trinajstić information content (AvgIpc) is 2.96. The van der Waals surface area contributed by atoms with Gasteiger partial charge in [-0.3, -0.25) is 0 Å². The number of hydrogen-bond donors (Lipinski definition) is 10. The first-order valence-corrected chi connectivity index (χ1v) is 13.2. The number of aliphatic hydroxyl groups excluding tert-OH is 2. The highest BCUT2D eigenvalue weighted by atomic mass is 16.5. The van der Waals surface area contributed by atoms with E-state index < -0.39 is 64.8 Å². The molecule has 0 aliphatic carbocycles. The van der Waals surface area contributed by atoms with Crippen molar-refractivity contribution in [1.29, 1.82) is 0 Å². The monoisotopic (exact) mass is 592 g/mol. The smallest absolute Gasteiger partial charge is 0.157 e. The molecule has 0 radical (unpaired) electrons. The lowest BCUT2D eigenvalue weighted by Crippen LogP contribution is -2.37. The van der Waals surface area contributed by atoms with Crippen LogP contribution in [0, 0.1) is 6.92 Å². The molecular weight excluding hydrogens is 564 g/mol. The van der Waals surface area contributed by atoms with Gasteiger partial charge in [0, 0.05) is 40.8 Å². The third-order valence-corrected chi connectivity index (χ3v) is 8.07. The molecule has 0 spiro atoms. The van der Waals surface area contributed by atoms with Crippen molar-refractivity contribution in [2.75, 3.05) is 0 Å². The van der Waals surface area contributed by atoms with Crippen molar-refractivity contribution in [1.82, 2.24) is 0 Å². The minimum absolute atomic E-state index is 0.00242. The molecule has 0 amide bonds. The van der Waals surface area contributed by atoms with E-state index in [1.165, 1.54) is 49.4 Å². The summed E-state index contributed by atoms with van der Waals surface area (Å²) >= 11 is 0. The molecule has 5 unspecified atom stereocenters. The van der Waals surface area contributed by atoms with Crippen molar-refractivity contribution < 1.29 is 60.5 Å². The van der Waals surface area contributed by atoms with E-state index in [9.17, 15) is 51.1 Å². The van der Waals surface area contributed by atoms with Gasteiger partial charge in [-0.15, -0.1) is 0 Å². The maximum atomic E-state index is 11.8. The second kappa shape index (κ2) is 9.96. The van der Waals surface area contributed by atoms with Gasteiger partial charge in [-0.25, -0.2) is 0 Å². The lowest BCUT2D eigenvalue weighted by atomic mass is 9.76. The lowest BCUT2D eigenvalue weighted by Gasteiger charge is -2.40. The second-order valence-electron chi connectivity index (χ2n) is 10.7. The molecule has 4 aromatic carbocycles. The van der Waals surface area contributed by atoms with Crippen LogP contribution in [0.15, 0.2) is 48.5 Å². The van der Waals surface area contributed by atoms with Crippen LogP contribution in [0.2, 0.25) is 0 Å². The standard InChI is InChI=1S/C31H28O12/c1-11-26(39)15-10-21(38)29(12-2-4-16(33)18(35)6-12)43-31(15)25(27(11)40)24-23-20(37)8-14(32)9-22(23)42-30(28(24)41)13-3-5-17(34)19(36)7-13/h2-9,21,24,28-30,32-41H,10H2,1H3. The Hall–Kier alpha value is -5.20. The SMILES string of the molecule is Cc1c(O)c2c(c(C3c4c(O)cc(O)cc4OC(c4ccc(O)c(O)c4)C3O)c1O)OC(c1ccc(O)c(O)c1)C(O)C2. The fraction of sp³-hybridized carbons (Fsp3) is 0.226. The van der Waals surface area contributed by atoms with Crippen molar-refractivity contribution in [2.45, 2.75) is 43.7 Å². The van der Waals surface area contributed by atoms with E-state index in [0.717, 1.165) is 6.07 Å². The van der Waals surface area contributed by atoms with E-state index in [0.29, 0.717) is 0 Å². The fourth-order valence-electron chi connectivity index (χ4n) is 5.92. The van der Waals surface area contributed by atoms with E-state index in [4.69, 9.17) is 9.47 Å². The Morgan fingerprint density at radius 1 is 0.628 bits per heavy atom. The van der Waals surface area contributed by atoms with Crippen molar-refractivity contribution in [3.8, 4) is 57.5 Å². The number of phenols is 8. The zero-order valence-corrected chi connectivity index (χ0v) is 22.5. The van der Waals surface area contributed by atoms with Gasteiger partial charge in [-0.2, -0.15) is 0 Å². The Balaban J connectivity index is 1.58. The molecule has 6 rings (SSSR count). The van der Waals surface area contributed by atoms with Crippen LogP contribution in [-0.2, 0) is 6.42 Å². The van der Waals surface area contributed by atoms with Crippen LogP contribution in [-0.4, -0.2) is 63.3 Å². The molecule has 2 aliphatic heterocycles. The average molecular weight is 593 g/mol. The van der Waals surface area contributed by atoms with Gasteiger partial charge in [0.1, 0.15) is 46.7 Å². The molecule has 0 saturated heterocycles. The number of aromatic hydroxyl groups is 8. The highest BCUT2D eigenvalue weighted by molar-refractivity contribution is 5.68. The Bertz CT molecular complexity index is 1770. The Kier molecular flexibility index (Phi) is 6.48. The van der Waals surface area contributed by atoms with Crippen LogP contribution in [0.3, 0.4) is 0 Å². The third kappa shape index (κ3) is 4.39. The Morgan fingerprint density at radius 2 is 1.23 bits per heavy atom. The molecule has 4 aromatic rings. The number of rotatable bonds is 3. The predicted molar refractivity (Wildman–Crippen MR) is 148 cm³/mol. The van der Waals surface area contributed by atoms with E-state index in [1.54, 1.807) is 0 Å². The molecule has 2 aliphatic rings. The highest BCUT2D eigenvalue weighted by Gasteiger charge is 2.46. The summed E-state index contributed by atoms with van der Waals surface area (Å²) in [6, 6.07) is 9.81. The van der Waals surface area contributed by atoms with Crippen LogP contribution >= 0.6 is 0 Å². The molecule has 2 heterocycles. The van der Waals surface area contributed by atoms with Crippen LogP contribution < -0.4 is 9.47 Å². The molecule has 12 nitrogen and oxygen atoms in total. The number of fused-ring (bicyclic) bond motifs is 2. The minimum Gasteiger partial charge on any atom is -0.508 e. The molecule has 0 fully saturated rings. The molecule has 0 aromatic heterocycles. The van der Waals surface area contributed by atoms with Crippen molar-refractivity contribution in [3.63, 3.8) is 0 Å². The molecule has 5 atom stereocenters. The molecule has 43 heavy (non-hydrogen) atoms. The molecule has 0 bridgehead atoms. The first-order chi connectivity index (χ1) is 20.4. The summed E-state index contributed by atoms with van der Waals surface area (Å²) in [7, 11) is 0. The van der Waals surface area contributed by atoms with Gasteiger partial charge in [0.25, 0.3) is 0 Å². The van der Waals surface area contributed by atoms with Gasteiger partial charge >= 0.3 is 0 Å². The van der Waals surface area contributed by atoms with Crippen LogP contribution in [0.4, 0.5) is 0 Å². The molecular formula is C31H28O12. The summed E-state index contributed by atoms with van der Waals surface area (Å²) in [6.45, 7) is 1.42. The summed E-state index contributed by atoms with van der Waals surface area (Å²) in [5.41, 5.74) is 0.477. The maximum Gasteiger partial charge on any atom is 0.157 e. The summed E-state index contributed by atoms with van der Waals surface area (Å²) in [6.07, 6.45) is -5.45. The second-order valence-corrected chi connectivity index (χ2v) is 10.7. The number of ether oxygens (including phenoxy) is 2. The first kappa shape index (κ1) is 27.9. The summed E-state index contributed by atoms with van der Waals surface area (Å²) in [5, 5.41) is 106. The van der Waals surface area contributed by atoms with E-state index in [-0.39, 0.29) is 62.8 Å².